The predicted molar refractivity (Wildman–Crippen MR) is 75.1 cm³/mol. The second kappa shape index (κ2) is 7.06. The number of halogens is 3. The number of hydrogen-bond donors (Lipinski definition) is 1. The Labute approximate surface area is 122 Å². The number of nitrogens with zero attached hydrogens (tertiary/aromatic N) is 3. The summed E-state index contributed by atoms with van der Waals surface area (Å²) in [5.41, 5.74) is -0.940. The molecule has 4 nitrogen and oxygen atoms in total. The summed E-state index contributed by atoms with van der Waals surface area (Å²) in [6.45, 7) is 5.70. The molecule has 0 aromatic carbocycles. The van der Waals surface area contributed by atoms with Crippen LogP contribution in [0.25, 0.3) is 0 Å². The third-order valence-electron chi connectivity index (χ3n) is 3.64. The van der Waals surface area contributed by atoms with Crippen molar-refractivity contribution < 1.29 is 13.2 Å². The minimum absolute atomic E-state index is 0.509. The van der Waals surface area contributed by atoms with E-state index in [0.29, 0.717) is 11.7 Å². The van der Waals surface area contributed by atoms with Gasteiger partial charge in [-0.1, -0.05) is 6.92 Å². The molecule has 0 spiro atoms. The van der Waals surface area contributed by atoms with Gasteiger partial charge in [-0.15, -0.1) is 10.2 Å². The van der Waals surface area contributed by atoms with Crippen molar-refractivity contribution in [2.45, 2.75) is 32.4 Å². The standard InChI is InChI=1S/C14H21F3N4/c1-2-7-18-9-11-4-3-8-21(10-11)13-6-5-12(19-20-13)14(15,16)17/h5-6,11,18H,2-4,7-10H2,1H3. The Balaban J connectivity index is 1.94. The van der Waals surface area contributed by atoms with Crippen LogP contribution in [0.1, 0.15) is 31.9 Å². The summed E-state index contributed by atoms with van der Waals surface area (Å²) in [5.74, 6) is 1.04. The zero-order valence-corrected chi connectivity index (χ0v) is 12.2. The third kappa shape index (κ3) is 4.56. The van der Waals surface area contributed by atoms with E-state index in [4.69, 9.17) is 0 Å². The van der Waals surface area contributed by atoms with Crippen LogP contribution < -0.4 is 10.2 Å². The largest absolute Gasteiger partial charge is 0.435 e. The Morgan fingerprint density at radius 2 is 2.14 bits per heavy atom. The lowest BCUT2D eigenvalue weighted by molar-refractivity contribution is -0.141. The quantitative estimate of drug-likeness (QED) is 0.849. The monoisotopic (exact) mass is 302 g/mol. The van der Waals surface area contributed by atoms with Crippen LogP contribution in [0.2, 0.25) is 0 Å². The number of piperidine rings is 1. The van der Waals surface area contributed by atoms with Gasteiger partial charge in [0.2, 0.25) is 0 Å². The van der Waals surface area contributed by atoms with Gasteiger partial charge in [0.05, 0.1) is 0 Å². The molecule has 1 aromatic rings. The number of alkyl halides is 3. The van der Waals surface area contributed by atoms with Crippen molar-refractivity contribution in [3.8, 4) is 0 Å². The van der Waals surface area contributed by atoms with Crippen molar-refractivity contribution in [1.82, 2.24) is 15.5 Å². The van der Waals surface area contributed by atoms with Crippen molar-refractivity contribution in [2.24, 2.45) is 5.92 Å². The van der Waals surface area contributed by atoms with Crippen LogP contribution in [-0.4, -0.2) is 36.4 Å². The van der Waals surface area contributed by atoms with E-state index in [9.17, 15) is 13.2 Å². The van der Waals surface area contributed by atoms with Crippen LogP contribution in [0.5, 0.6) is 0 Å². The second-order valence-electron chi connectivity index (χ2n) is 5.43. The van der Waals surface area contributed by atoms with Crippen molar-refractivity contribution in [3.63, 3.8) is 0 Å². The molecule has 1 saturated heterocycles. The lowest BCUT2D eigenvalue weighted by atomic mass is 9.98. The van der Waals surface area contributed by atoms with E-state index in [0.717, 1.165) is 51.5 Å². The summed E-state index contributed by atoms with van der Waals surface area (Å²) in [6.07, 6.45) is -1.16. The van der Waals surface area contributed by atoms with Crippen molar-refractivity contribution in [1.29, 1.82) is 0 Å². The van der Waals surface area contributed by atoms with Gasteiger partial charge in [-0.25, -0.2) is 0 Å². The van der Waals surface area contributed by atoms with E-state index in [1.165, 1.54) is 6.07 Å². The summed E-state index contributed by atoms with van der Waals surface area (Å²) >= 11 is 0. The Morgan fingerprint density at radius 3 is 2.76 bits per heavy atom. The van der Waals surface area contributed by atoms with E-state index >= 15 is 0 Å². The number of aromatic nitrogens is 2. The molecular weight excluding hydrogens is 281 g/mol. The first-order chi connectivity index (χ1) is 10.0. The smallest absolute Gasteiger partial charge is 0.355 e. The SMILES string of the molecule is CCCNCC1CCCN(c2ccc(C(F)(F)F)nn2)C1. The highest BCUT2D eigenvalue weighted by molar-refractivity contribution is 5.38. The maximum absolute atomic E-state index is 12.5. The van der Waals surface area contributed by atoms with Crippen molar-refractivity contribution in [3.05, 3.63) is 17.8 Å². The summed E-state index contributed by atoms with van der Waals surface area (Å²) < 4.78 is 37.4. The predicted octanol–water partition coefficient (Wildman–Crippen LogP) is 2.71. The van der Waals surface area contributed by atoms with Gasteiger partial charge in [-0.2, -0.15) is 13.2 Å². The molecule has 1 aliphatic rings. The first-order valence-electron chi connectivity index (χ1n) is 7.37. The molecule has 1 fully saturated rings. The fourth-order valence-corrected chi connectivity index (χ4v) is 2.57. The average Bonchev–Trinajstić information content (AvgIpc) is 2.47. The molecule has 2 heterocycles. The Morgan fingerprint density at radius 1 is 1.33 bits per heavy atom. The highest BCUT2D eigenvalue weighted by atomic mass is 19.4. The summed E-state index contributed by atoms with van der Waals surface area (Å²) in [7, 11) is 0. The zero-order chi connectivity index (χ0) is 15.3. The summed E-state index contributed by atoms with van der Waals surface area (Å²) in [6, 6.07) is 2.42. The fourth-order valence-electron chi connectivity index (χ4n) is 2.57. The highest BCUT2D eigenvalue weighted by Crippen LogP contribution is 2.28. The number of nitrogens with one attached hydrogen (secondary N) is 1. The van der Waals surface area contributed by atoms with E-state index in [1.54, 1.807) is 0 Å². The van der Waals surface area contributed by atoms with Crippen LogP contribution >= 0.6 is 0 Å². The van der Waals surface area contributed by atoms with Gasteiger partial charge in [-0.3, -0.25) is 0 Å². The molecule has 0 saturated carbocycles. The van der Waals surface area contributed by atoms with Gasteiger partial charge < -0.3 is 10.2 Å². The molecule has 118 valence electrons. The Kier molecular flexibility index (Phi) is 5.39. The van der Waals surface area contributed by atoms with Gasteiger partial charge in [0.1, 0.15) is 0 Å². The van der Waals surface area contributed by atoms with Gasteiger partial charge in [0.25, 0.3) is 0 Å². The molecule has 0 amide bonds. The molecule has 0 bridgehead atoms. The molecule has 1 aliphatic heterocycles. The zero-order valence-electron chi connectivity index (χ0n) is 12.2. The van der Waals surface area contributed by atoms with Gasteiger partial charge in [-0.05, 0) is 50.4 Å². The van der Waals surface area contributed by atoms with E-state index in [2.05, 4.69) is 22.4 Å². The minimum atomic E-state index is -4.43. The topological polar surface area (TPSA) is 41.0 Å². The molecule has 1 atom stereocenters. The van der Waals surface area contributed by atoms with Crippen LogP contribution in [0.15, 0.2) is 12.1 Å². The normalized spacial score (nSPS) is 19.8. The molecule has 21 heavy (non-hydrogen) atoms. The number of rotatable bonds is 5. The minimum Gasteiger partial charge on any atom is -0.355 e. The first kappa shape index (κ1) is 16.0. The molecule has 1 N–H and O–H groups in total. The Bertz CT molecular complexity index is 433. The van der Waals surface area contributed by atoms with E-state index < -0.39 is 11.9 Å². The third-order valence-corrected chi connectivity index (χ3v) is 3.64. The lowest BCUT2D eigenvalue weighted by Crippen LogP contribution is -2.40. The molecular formula is C14H21F3N4. The summed E-state index contributed by atoms with van der Waals surface area (Å²) in [5, 5.41) is 10.4. The molecule has 0 radical (unpaired) electrons. The molecule has 1 aromatic heterocycles. The van der Waals surface area contributed by atoms with Crippen LogP contribution in [0.3, 0.4) is 0 Å². The number of hydrogen-bond acceptors (Lipinski definition) is 4. The van der Waals surface area contributed by atoms with E-state index in [-0.39, 0.29) is 0 Å². The van der Waals surface area contributed by atoms with Crippen LogP contribution in [-0.2, 0) is 6.18 Å². The van der Waals surface area contributed by atoms with E-state index in [1.807, 2.05) is 4.90 Å². The maximum atomic E-state index is 12.5. The highest BCUT2D eigenvalue weighted by Gasteiger charge is 2.33. The molecule has 7 heteroatoms. The van der Waals surface area contributed by atoms with Crippen LogP contribution in [0.4, 0.5) is 19.0 Å². The summed E-state index contributed by atoms with van der Waals surface area (Å²) in [4.78, 5) is 2.02. The molecule has 1 unspecified atom stereocenters. The first-order valence-corrected chi connectivity index (χ1v) is 7.37. The lowest BCUT2D eigenvalue weighted by Gasteiger charge is -2.33. The average molecular weight is 302 g/mol. The van der Waals surface area contributed by atoms with Crippen molar-refractivity contribution in [2.75, 3.05) is 31.1 Å². The van der Waals surface area contributed by atoms with Gasteiger partial charge in [0, 0.05) is 13.1 Å². The van der Waals surface area contributed by atoms with Gasteiger partial charge in [0.15, 0.2) is 11.5 Å². The number of anilines is 1. The molecule has 2 rings (SSSR count). The van der Waals surface area contributed by atoms with Crippen molar-refractivity contribution >= 4 is 5.82 Å². The van der Waals surface area contributed by atoms with Crippen LogP contribution in [0, 0.1) is 5.92 Å². The second-order valence-corrected chi connectivity index (χ2v) is 5.43. The Hall–Kier alpha value is -1.37. The maximum Gasteiger partial charge on any atom is 0.435 e. The fraction of sp³-hybridized carbons (Fsp3) is 0.714. The van der Waals surface area contributed by atoms with Gasteiger partial charge >= 0.3 is 6.18 Å². The molecule has 0 aliphatic carbocycles.